The molecule has 3 aromatic rings. The quantitative estimate of drug-likeness (QED) is 0.688. The number of anilines is 2. The molecule has 0 bridgehead atoms. The second-order valence-corrected chi connectivity index (χ2v) is 7.77. The zero-order valence-electron chi connectivity index (χ0n) is 11.7. The summed E-state index contributed by atoms with van der Waals surface area (Å²) in [6, 6.07) is 8.30. The minimum Gasteiger partial charge on any atom is -0.332 e. The van der Waals surface area contributed by atoms with Crippen molar-refractivity contribution in [2.75, 3.05) is 5.32 Å². The van der Waals surface area contributed by atoms with Crippen molar-refractivity contribution in [3.8, 4) is 0 Å². The number of aromatic nitrogens is 3. The molecule has 1 N–H and O–H groups in total. The number of nitrogens with zero attached hydrogens (tertiary/aromatic N) is 3. The number of aryl methyl sites for hydroxylation is 2. The Labute approximate surface area is 135 Å². The molecule has 7 heteroatoms. The van der Waals surface area contributed by atoms with E-state index in [9.17, 15) is 0 Å². The first-order chi connectivity index (χ1) is 10.2. The fraction of sp³-hybridized carbons (Fsp3) is 0.214. The van der Waals surface area contributed by atoms with Gasteiger partial charge in [0.25, 0.3) is 0 Å². The molecule has 2 heterocycles. The summed E-state index contributed by atoms with van der Waals surface area (Å²) in [7, 11) is 0. The predicted molar refractivity (Wildman–Crippen MR) is 90.8 cm³/mol. The van der Waals surface area contributed by atoms with Crippen LogP contribution in [0.4, 0.5) is 10.8 Å². The Morgan fingerprint density at radius 2 is 1.95 bits per heavy atom. The molecule has 0 saturated heterocycles. The van der Waals surface area contributed by atoms with Crippen molar-refractivity contribution in [2.45, 2.75) is 23.9 Å². The summed E-state index contributed by atoms with van der Waals surface area (Å²) in [6.07, 6.45) is 0. The van der Waals surface area contributed by atoms with Crippen LogP contribution in [0.15, 0.2) is 34.0 Å². The Balaban J connectivity index is 1.59. The summed E-state index contributed by atoms with van der Waals surface area (Å²) >= 11 is 4.92. The maximum Gasteiger partial charge on any atom is 0.187 e. The molecule has 0 saturated carbocycles. The van der Waals surface area contributed by atoms with E-state index in [1.807, 2.05) is 6.92 Å². The van der Waals surface area contributed by atoms with Crippen LogP contribution >= 0.6 is 34.4 Å². The van der Waals surface area contributed by atoms with E-state index in [0.717, 1.165) is 31.6 Å². The smallest absolute Gasteiger partial charge is 0.187 e. The lowest BCUT2D eigenvalue weighted by Crippen LogP contribution is -1.90. The maximum absolute atomic E-state index is 4.59. The number of benzene rings is 1. The summed E-state index contributed by atoms with van der Waals surface area (Å²) in [5.74, 6) is 0.820. The number of rotatable bonds is 5. The van der Waals surface area contributed by atoms with Gasteiger partial charge in [-0.05, 0) is 26.0 Å². The second-order valence-electron chi connectivity index (χ2n) is 4.51. The average Bonchev–Trinajstić information content (AvgIpc) is 3.08. The molecule has 2 aromatic heterocycles. The van der Waals surface area contributed by atoms with Crippen LogP contribution in [-0.4, -0.2) is 15.2 Å². The normalized spacial score (nSPS) is 10.8. The van der Waals surface area contributed by atoms with E-state index >= 15 is 0 Å². The van der Waals surface area contributed by atoms with Crippen LogP contribution in [0.2, 0.25) is 0 Å². The van der Waals surface area contributed by atoms with E-state index < -0.39 is 0 Å². The Kier molecular flexibility index (Phi) is 4.52. The number of thiazole rings is 1. The lowest BCUT2D eigenvalue weighted by atomic mass is 10.2. The Morgan fingerprint density at radius 1 is 1.14 bits per heavy atom. The zero-order valence-corrected chi connectivity index (χ0v) is 14.1. The number of thioether (sulfide) groups is 1. The molecule has 0 atom stereocenters. The maximum atomic E-state index is 4.59. The number of hydrogen-bond acceptors (Lipinski definition) is 7. The standard InChI is InChI=1S/C14H14N4S3/c1-9-3-5-11(6-4-9)15-13-16-12(7-19-13)8-20-14-18-17-10(2)21-14/h3-7H,8H2,1-2H3,(H,15,16). The average molecular weight is 334 g/mol. The van der Waals surface area contributed by atoms with Gasteiger partial charge in [-0.25, -0.2) is 4.98 Å². The van der Waals surface area contributed by atoms with Crippen molar-refractivity contribution in [3.05, 3.63) is 45.9 Å². The molecule has 0 aliphatic rings. The van der Waals surface area contributed by atoms with Gasteiger partial charge in [0.05, 0.1) is 5.69 Å². The lowest BCUT2D eigenvalue weighted by Gasteiger charge is -2.02. The highest BCUT2D eigenvalue weighted by atomic mass is 32.2. The molecule has 0 spiro atoms. The largest absolute Gasteiger partial charge is 0.332 e. The van der Waals surface area contributed by atoms with Gasteiger partial charge < -0.3 is 5.32 Å². The summed E-state index contributed by atoms with van der Waals surface area (Å²) in [4.78, 5) is 4.59. The van der Waals surface area contributed by atoms with Gasteiger partial charge >= 0.3 is 0 Å². The molecule has 0 unspecified atom stereocenters. The summed E-state index contributed by atoms with van der Waals surface area (Å²) in [5, 5.41) is 15.4. The van der Waals surface area contributed by atoms with Gasteiger partial charge in [-0.3, -0.25) is 0 Å². The van der Waals surface area contributed by atoms with E-state index in [4.69, 9.17) is 0 Å². The lowest BCUT2D eigenvalue weighted by molar-refractivity contribution is 0.983. The molecule has 0 aliphatic heterocycles. The van der Waals surface area contributed by atoms with Gasteiger partial charge in [0.2, 0.25) is 0 Å². The number of nitrogens with one attached hydrogen (secondary N) is 1. The van der Waals surface area contributed by atoms with Gasteiger partial charge in [-0.2, -0.15) is 0 Å². The van der Waals surface area contributed by atoms with Crippen LogP contribution in [0, 0.1) is 13.8 Å². The molecule has 21 heavy (non-hydrogen) atoms. The van der Waals surface area contributed by atoms with E-state index in [1.54, 1.807) is 34.4 Å². The number of hydrogen-bond donors (Lipinski definition) is 1. The first kappa shape index (κ1) is 14.5. The van der Waals surface area contributed by atoms with Gasteiger partial charge in [-0.1, -0.05) is 40.8 Å². The highest BCUT2D eigenvalue weighted by Gasteiger charge is 2.06. The molecule has 0 fully saturated rings. The van der Waals surface area contributed by atoms with Crippen molar-refractivity contribution in [1.82, 2.24) is 15.2 Å². The highest BCUT2D eigenvalue weighted by Crippen LogP contribution is 2.28. The van der Waals surface area contributed by atoms with Crippen molar-refractivity contribution in [1.29, 1.82) is 0 Å². The van der Waals surface area contributed by atoms with Crippen LogP contribution in [-0.2, 0) is 5.75 Å². The monoisotopic (exact) mass is 334 g/mol. The van der Waals surface area contributed by atoms with Crippen LogP contribution in [0.5, 0.6) is 0 Å². The first-order valence-corrected chi connectivity index (χ1v) is 9.08. The molecule has 0 aliphatic carbocycles. The van der Waals surface area contributed by atoms with E-state index in [-0.39, 0.29) is 0 Å². The molecular formula is C14H14N4S3. The van der Waals surface area contributed by atoms with Crippen molar-refractivity contribution in [2.24, 2.45) is 0 Å². The Bertz CT molecular complexity index is 718. The van der Waals surface area contributed by atoms with E-state index in [2.05, 4.69) is 57.1 Å². The molecule has 1 aromatic carbocycles. The molecule has 3 rings (SSSR count). The zero-order chi connectivity index (χ0) is 14.7. The SMILES string of the molecule is Cc1ccc(Nc2nc(CSc3nnc(C)s3)cs2)cc1. The van der Waals surface area contributed by atoms with Crippen molar-refractivity contribution < 1.29 is 0 Å². The molecule has 4 nitrogen and oxygen atoms in total. The fourth-order valence-corrected chi connectivity index (χ4v) is 4.21. The summed E-state index contributed by atoms with van der Waals surface area (Å²) in [6.45, 7) is 4.05. The third-order valence-corrected chi connectivity index (χ3v) is 5.52. The fourth-order valence-electron chi connectivity index (χ4n) is 1.66. The first-order valence-electron chi connectivity index (χ1n) is 6.40. The van der Waals surface area contributed by atoms with E-state index in [0.29, 0.717) is 0 Å². The third-order valence-electron chi connectivity index (χ3n) is 2.71. The van der Waals surface area contributed by atoms with Gasteiger partial charge in [0.15, 0.2) is 9.47 Å². The Hall–Kier alpha value is -1.44. The third kappa shape index (κ3) is 4.03. The van der Waals surface area contributed by atoms with Crippen LogP contribution in [0.1, 0.15) is 16.3 Å². The topological polar surface area (TPSA) is 50.7 Å². The van der Waals surface area contributed by atoms with Crippen LogP contribution in [0.25, 0.3) is 0 Å². The molecule has 108 valence electrons. The molecular weight excluding hydrogens is 320 g/mol. The minimum atomic E-state index is 0.820. The van der Waals surface area contributed by atoms with Gasteiger partial charge in [0.1, 0.15) is 5.01 Å². The van der Waals surface area contributed by atoms with Crippen LogP contribution < -0.4 is 5.32 Å². The highest BCUT2D eigenvalue weighted by molar-refractivity contribution is 8.00. The second kappa shape index (κ2) is 6.55. The Morgan fingerprint density at radius 3 is 2.67 bits per heavy atom. The van der Waals surface area contributed by atoms with Gasteiger partial charge in [-0.15, -0.1) is 21.5 Å². The van der Waals surface area contributed by atoms with Crippen LogP contribution in [0.3, 0.4) is 0 Å². The minimum absolute atomic E-state index is 0.820. The van der Waals surface area contributed by atoms with Gasteiger partial charge in [0, 0.05) is 16.8 Å². The van der Waals surface area contributed by atoms with Crippen molar-refractivity contribution in [3.63, 3.8) is 0 Å². The van der Waals surface area contributed by atoms with E-state index in [1.165, 1.54) is 5.56 Å². The molecule has 0 radical (unpaired) electrons. The predicted octanol–water partition coefficient (Wildman–Crippen LogP) is 4.65. The van der Waals surface area contributed by atoms with Crippen molar-refractivity contribution >= 4 is 45.3 Å². The molecule has 0 amide bonds. The summed E-state index contributed by atoms with van der Waals surface area (Å²) < 4.78 is 0.994. The summed E-state index contributed by atoms with van der Waals surface area (Å²) in [5.41, 5.74) is 3.38.